The van der Waals surface area contributed by atoms with Gasteiger partial charge in [0.05, 0.1) is 18.2 Å². The summed E-state index contributed by atoms with van der Waals surface area (Å²) in [7, 11) is 0. The molecule has 0 radical (unpaired) electrons. The molecule has 1 saturated heterocycles. The van der Waals surface area contributed by atoms with Gasteiger partial charge in [-0.15, -0.1) is 0 Å². The van der Waals surface area contributed by atoms with Gasteiger partial charge in [-0.3, -0.25) is 4.79 Å². The van der Waals surface area contributed by atoms with E-state index in [2.05, 4.69) is 0 Å². The average molecular weight is 256 g/mol. The van der Waals surface area contributed by atoms with Crippen LogP contribution in [0, 0.1) is 0 Å². The molecule has 17 heavy (non-hydrogen) atoms. The van der Waals surface area contributed by atoms with Crippen LogP contribution in [0.5, 0.6) is 5.75 Å². The summed E-state index contributed by atoms with van der Waals surface area (Å²) in [4.78, 5) is 13.8. The molecule has 1 aromatic rings. The maximum absolute atomic E-state index is 12.2. The van der Waals surface area contributed by atoms with Crippen molar-refractivity contribution in [2.24, 2.45) is 0 Å². The number of hydrogen-bond acceptors (Lipinski definition) is 3. The van der Waals surface area contributed by atoms with E-state index in [0.29, 0.717) is 11.6 Å². The van der Waals surface area contributed by atoms with Crippen molar-refractivity contribution >= 4 is 17.5 Å². The van der Waals surface area contributed by atoms with E-state index in [1.165, 1.54) is 12.1 Å². The van der Waals surface area contributed by atoms with Crippen LogP contribution in [0.4, 0.5) is 0 Å². The first-order chi connectivity index (χ1) is 8.13. The molecule has 92 valence electrons. The van der Waals surface area contributed by atoms with Gasteiger partial charge in [0.25, 0.3) is 5.91 Å². The van der Waals surface area contributed by atoms with Crippen LogP contribution in [0.1, 0.15) is 23.2 Å². The summed E-state index contributed by atoms with van der Waals surface area (Å²) in [5.41, 5.74) is 0.231. The Balaban J connectivity index is 2.24. The number of aromatic hydroxyl groups is 1. The number of phenolic OH excluding ortho intramolecular Hbond substituents is 1. The van der Waals surface area contributed by atoms with Gasteiger partial charge in [0.1, 0.15) is 5.75 Å². The molecular formula is C12H14ClNO3. The maximum atomic E-state index is 12.2. The van der Waals surface area contributed by atoms with Crippen molar-refractivity contribution in [2.45, 2.75) is 18.9 Å². The SMILES string of the molecule is O=C(c1ccc(Cl)cc1O)N1CCC[C@H]1CO. The van der Waals surface area contributed by atoms with Crippen molar-refractivity contribution in [3.05, 3.63) is 28.8 Å². The zero-order valence-electron chi connectivity index (χ0n) is 9.27. The van der Waals surface area contributed by atoms with Crippen molar-refractivity contribution < 1.29 is 15.0 Å². The van der Waals surface area contributed by atoms with E-state index in [4.69, 9.17) is 16.7 Å². The molecule has 1 heterocycles. The van der Waals surface area contributed by atoms with Gasteiger partial charge in [-0.05, 0) is 31.0 Å². The summed E-state index contributed by atoms with van der Waals surface area (Å²) in [6.07, 6.45) is 1.68. The molecule has 1 amide bonds. The van der Waals surface area contributed by atoms with Crippen LogP contribution in [0.3, 0.4) is 0 Å². The number of aliphatic hydroxyl groups excluding tert-OH is 1. The molecule has 1 aliphatic rings. The monoisotopic (exact) mass is 255 g/mol. The van der Waals surface area contributed by atoms with E-state index in [1.54, 1.807) is 11.0 Å². The van der Waals surface area contributed by atoms with Gasteiger partial charge >= 0.3 is 0 Å². The van der Waals surface area contributed by atoms with Crippen LogP contribution in [-0.2, 0) is 0 Å². The largest absolute Gasteiger partial charge is 0.507 e. The molecule has 2 N–H and O–H groups in total. The molecule has 1 fully saturated rings. The second-order valence-electron chi connectivity index (χ2n) is 4.14. The summed E-state index contributed by atoms with van der Waals surface area (Å²) in [6, 6.07) is 4.28. The van der Waals surface area contributed by atoms with E-state index in [0.717, 1.165) is 12.8 Å². The molecule has 0 saturated carbocycles. The third kappa shape index (κ3) is 2.37. The lowest BCUT2D eigenvalue weighted by Gasteiger charge is -2.23. The van der Waals surface area contributed by atoms with Crippen LogP contribution >= 0.6 is 11.6 Å². The second-order valence-corrected chi connectivity index (χ2v) is 4.58. The number of benzene rings is 1. The number of amides is 1. The number of rotatable bonds is 2. The minimum absolute atomic E-state index is 0.0416. The highest BCUT2D eigenvalue weighted by molar-refractivity contribution is 6.30. The number of aliphatic hydroxyl groups is 1. The summed E-state index contributed by atoms with van der Waals surface area (Å²) in [5.74, 6) is -0.373. The zero-order chi connectivity index (χ0) is 12.4. The number of hydrogen-bond donors (Lipinski definition) is 2. The molecule has 0 unspecified atom stereocenters. The minimum atomic E-state index is -0.254. The highest BCUT2D eigenvalue weighted by Gasteiger charge is 2.29. The van der Waals surface area contributed by atoms with Crippen LogP contribution in [0.2, 0.25) is 5.02 Å². The third-order valence-electron chi connectivity index (χ3n) is 3.04. The molecule has 1 aromatic carbocycles. The first kappa shape index (κ1) is 12.2. The maximum Gasteiger partial charge on any atom is 0.257 e. The lowest BCUT2D eigenvalue weighted by molar-refractivity contribution is 0.0674. The molecule has 0 bridgehead atoms. The van der Waals surface area contributed by atoms with Crippen molar-refractivity contribution in [1.29, 1.82) is 0 Å². The number of carbonyl (C=O) groups excluding carboxylic acids is 1. The van der Waals surface area contributed by atoms with Gasteiger partial charge in [-0.2, -0.15) is 0 Å². The summed E-state index contributed by atoms with van der Waals surface area (Å²) < 4.78 is 0. The van der Waals surface area contributed by atoms with Crippen molar-refractivity contribution in [3.63, 3.8) is 0 Å². The van der Waals surface area contributed by atoms with Crippen LogP contribution in [0.25, 0.3) is 0 Å². The Labute approximate surface area is 104 Å². The fraction of sp³-hybridized carbons (Fsp3) is 0.417. The molecular weight excluding hydrogens is 242 g/mol. The molecule has 0 aromatic heterocycles. The second kappa shape index (κ2) is 4.94. The topological polar surface area (TPSA) is 60.8 Å². The van der Waals surface area contributed by atoms with Gasteiger partial charge in [0, 0.05) is 11.6 Å². The Bertz CT molecular complexity index is 436. The van der Waals surface area contributed by atoms with Crippen molar-refractivity contribution in [1.82, 2.24) is 4.90 Å². The molecule has 0 aliphatic carbocycles. The third-order valence-corrected chi connectivity index (χ3v) is 3.27. The average Bonchev–Trinajstić information content (AvgIpc) is 2.76. The predicted octanol–water partition coefficient (Wildman–Crippen LogP) is 1.64. The first-order valence-corrected chi connectivity index (χ1v) is 5.91. The van der Waals surface area contributed by atoms with Crippen LogP contribution < -0.4 is 0 Å². The lowest BCUT2D eigenvalue weighted by atomic mass is 10.1. The first-order valence-electron chi connectivity index (χ1n) is 5.54. The summed E-state index contributed by atoms with van der Waals surface area (Å²) >= 11 is 5.71. The Morgan fingerprint density at radius 3 is 2.94 bits per heavy atom. The van der Waals surface area contributed by atoms with Crippen LogP contribution in [-0.4, -0.2) is 40.2 Å². The fourth-order valence-corrected chi connectivity index (χ4v) is 2.30. The van der Waals surface area contributed by atoms with E-state index in [-0.39, 0.29) is 29.9 Å². The van der Waals surface area contributed by atoms with Crippen LogP contribution in [0.15, 0.2) is 18.2 Å². The molecule has 1 atom stereocenters. The van der Waals surface area contributed by atoms with E-state index >= 15 is 0 Å². The Morgan fingerprint density at radius 1 is 1.53 bits per heavy atom. The number of carbonyl (C=O) groups is 1. The Hall–Kier alpha value is -1.26. The van der Waals surface area contributed by atoms with E-state index in [9.17, 15) is 9.90 Å². The Morgan fingerprint density at radius 2 is 2.29 bits per heavy atom. The fourth-order valence-electron chi connectivity index (χ4n) is 2.13. The molecule has 2 rings (SSSR count). The molecule has 1 aliphatic heterocycles. The Kier molecular flexibility index (Phi) is 3.54. The van der Waals surface area contributed by atoms with E-state index in [1.807, 2.05) is 0 Å². The van der Waals surface area contributed by atoms with Crippen molar-refractivity contribution in [2.75, 3.05) is 13.2 Å². The smallest absolute Gasteiger partial charge is 0.257 e. The van der Waals surface area contributed by atoms with Gasteiger partial charge in [-0.25, -0.2) is 0 Å². The number of nitrogens with zero attached hydrogens (tertiary/aromatic N) is 1. The number of phenols is 1. The zero-order valence-corrected chi connectivity index (χ0v) is 10.0. The standard InChI is InChI=1S/C12H14ClNO3/c13-8-3-4-10(11(16)6-8)12(17)14-5-1-2-9(14)7-15/h3-4,6,9,15-16H,1-2,5,7H2/t9-/m0/s1. The predicted molar refractivity (Wildman–Crippen MR) is 64.3 cm³/mol. The highest BCUT2D eigenvalue weighted by atomic mass is 35.5. The van der Waals surface area contributed by atoms with Gasteiger partial charge in [-0.1, -0.05) is 11.6 Å². The summed E-state index contributed by atoms with van der Waals surface area (Å²) in [5, 5.41) is 19.2. The molecule has 4 nitrogen and oxygen atoms in total. The lowest BCUT2D eigenvalue weighted by Crippen LogP contribution is -2.37. The van der Waals surface area contributed by atoms with Gasteiger partial charge in [0.2, 0.25) is 0 Å². The normalized spacial score (nSPS) is 19.6. The molecule has 5 heteroatoms. The quantitative estimate of drug-likeness (QED) is 0.845. The van der Waals surface area contributed by atoms with Gasteiger partial charge in [0.15, 0.2) is 0 Å². The van der Waals surface area contributed by atoms with Gasteiger partial charge < -0.3 is 15.1 Å². The highest BCUT2D eigenvalue weighted by Crippen LogP contribution is 2.26. The number of likely N-dealkylation sites (tertiary alicyclic amines) is 1. The minimum Gasteiger partial charge on any atom is -0.507 e. The summed E-state index contributed by atoms with van der Waals surface area (Å²) in [6.45, 7) is 0.576. The number of halogens is 1. The van der Waals surface area contributed by atoms with E-state index < -0.39 is 0 Å². The molecule has 0 spiro atoms. The van der Waals surface area contributed by atoms with Crippen molar-refractivity contribution in [3.8, 4) is 5.75 Å².